The van der Waals surface area contributed by atoms with Crippen LogP contribution < -0.4 is 5.32 Å². The van der Waals surface area contributed by atoms with Crippen molar-refractivity contribution in [3.05, 3.63) is 0 Å². The summed E-state index contributed by atoms with van der Waals surface area (Å²) in [5, 5.41) is 2.98. The van der Waals surface area contributed by atoms with Crippen LogP contribution in [0.2, 0.25) is 0 Å². The predicted molar refractivity (Wildman–Crippen MR) is 46.8 cm³/mol. The zero-order valence-electron chi connectivity index (χ0n) is 6.91. The van der Waals surface area contributed by atoms with E-state index in [-0.39, 0.29) is 5.75 Å². The number of hydrogen-bond donors (Lipinski definition) is 1. The highest BCUT2D eigenvalue weighted by atomic mass is 32.3. The first-order valence-corrected chi connectivity index (χ1v) is 5.21. The second-order valence-electron chi connectivity index (χ2n) is 2.44. The molecule has 0 bridgehead atoms. The van der Waals surface area contributed by atoms with Gasteiger partial charge in [0, 0.05) is 6.54 Å². The molecule has 4 heteroatoms. The number of unbranched alkanes of at least 4 members (excludes halogenated alkanes) is 2. The minimum Gasteiger partial charge on any atom is -0.312 e. The maximum Gasteiger partial charge on any atom is 0.425 e. The Kier molecular flexibility index (Phi) is 8.40. The zero-order valence-corrected chi connectivity index (χ0v) is 7.72. The van der Waals surface area contributed by atoms with Gasteiger partial charge in [-0.1, -0.05) is 19.8 Å². The van der Waals surface area contributed by atoms with Crippen LogP contribution >= 0.6 is 0 Å². The molecule has 0 aliphatic rings. The van der Waals surface area contributed by atoms with Gasteiger partial charge in [0.15, 0.2) is 0 Å². The summed E-state index contributed by atoms with van der Waals surface area (Å²) in [4.78, 5) is 0. The summed E-state index contributed by atoms with van der Waals surface area (Å²) >= 11 is -2.39. The molecule has 11 heavy (non-hydrogen) atoms. The fourth-order valence-corrected chi connectivity index (χ4v) is 1.07. The first-order valence-electron chi connectivity index (χ1n) is 4.01. The van der Waals surface area contributed by atoms with Crippen molar-refractivity contribution in [3.8, 4) is 0 Å². The number of rotatable bonds is 7. The smallest absolute Gasteiger partial charge is 0.312 e. The standard InChI is InChI=1S/C7H16F2NS/c1-2-3-4-5-10-6-7-11(8)9/h10H,2-7H2,1H3/q+1. The van der Waals surface area contributed by atoms with Crippen molar-refractivity contribution in [1.82, 2.24) is 5.32 Å². The van der Waals surface area contributed by atoms with Crippen LogP contribution in [0.3, 0.4) is 0 Å². The maximum atomic E-state index is 11.6. The highest BCUT2D eigenvalue weighted by Crippen LogP contribution is 1.96. The van der Waals surface area contributed by atoms with Crippen molar-refractivity contribution in [2.75, 3.05) is 18.8 Å². The van der Waals surface area contributed by atoms with E-state index in [1.54, 1.807) is 0 Å². The van der Waals surface area contributed by atoms with Crippen molar-refractivity contribution >= 4 is 11.7 Å². The van der Waals surface area contributed by atoms with Crippen molar-refractivity contribution in [3.63, 3.8) is 0 Å². The molecule has 0 heterocycles. The Balaban J connectivity index is 2.80. The number of halogens is 2. The van der Waals surface area contributed by atoms with Crippen LogP contribution in [0.15, 0.2) is 0 Å². The molecule has 0 atom stereocenters. The van der Waals surface area contributed by atoms with E-state index in [0.717, 1.165) is 13.0 Å². The molecule has 0 aromatic rings. The van der Waals surface area contributed by atoms with Crippen LogP contribution in [0, 0.1) is 0 Å². The molecule has 1 N–H and O–H groups in total. The van der Waals surface area contributed by atoms with E-state index in [0.29, 0.717) is 6.54 Å². The number of nitrogens with one attached hydrogen (secondary N) is 1. The van der Waals surface area contributed by atoms with E-state index in [9.17, 15) is 7.77 Å². The molecule has 0 aromatic heterocycles. The lowest BCUT2D eigenvalue weighted by atomic mass is 10.2. The molecule has 0 aromatic carbocycles. The van der Waals surface area contributed by atoms with E-state index in [1.807, 2.05) is 0 Å². The highest BCUT2D eigenvalue weighted by Gasteiger charge is 2.15. The molecule has 0 amide bonds. The van der Waals surface area contributed by atoms with E-state index in [2.05, 4.69) is 12.2 Å². The highest BCUT2D eigenvalue weighted by molar-refractivity contribution is 7.86. The first-order chi connectivity index (χ1) is 5.27. The summed E-state index contributed by atoms with van der Waals surface area (Å²) in [5.41, 5.74) is 0. The van der Waals surface area contributed by atoms with Gasteiger partial charge < -0.3 is 5.32 Å². The molecule has 0 saturated heterocycles. The molecule has 1 nitrogen and oxygen atoms in total. The molecule has 0 aliphatic carbocycles. The van der Waals surface area contributed by atoms with Gasteiger partial charge in [-0.2, -0.15) is 0 Å². The maximum absolute atomic E-state index is 11.6. The number of hydrogen-bond acceptors (Lipinski definition) is 1. The zero-order chi connectivity index (χ0) is 8.53. The van der Waals surface area contributed by atoms with Crippen LogP contribution in [-0.4, -0.2) is 18.8 Å². The largest absolute Gasteiger partial charge is 0.425 e. The fraction of sp³-hybridized carbons (Fsp3) is 1.00. The average Bonchev–Trinajstić information content (AvgIpc) is 1.96. The average molecular weight is 184 g/mol. The lowest BCUT2D eigenvalue weighted by molar-refractivity contribution is 0.629. The van der Waals surface area contributed by atoms with Gasteiger partial charge in [-0.15, -0.1) is 0 Å². The third-order valence-electron chi connectivity index (χ3n) is 1.39. The monoisotopic (exact) mass is 184 g/mol. The summed E-state index contributed by atoms with van der Waals surface area (Å²) in [5.74, 6) is 0.00608. The second kappa shape index (κ2) is 8.27. The lowest BCUT2D eigenvalue weighted by Crippen LogP contribution is -2.21. The molecule has 0 rings (SSSR count). The quantitative estimate of drug-likeness (QED) is 0.472. The van der Waals surface area contributed by atoms with Gasteiger partial charge in [-0.3, -0.25) is 0 Å². The normalized spacial score (nSPS) is 10.9. The SMILES string of the molecule is CCCCCNCC[S+](F)F. The van der Waals surface area contributed by atoms with Crippen LogP contribution in [-0.2, 0) is 11.7 Å². The van der Waals surface area contributed by atoms with Crippen molar-refractivity contribution in [2.24, 2.45) is 0 Å². The van der Waals surface area contributed by atoms with Gasteiger partial charge in [-0.05, 0) is 13.0 Å². The molecule has 0 unspecified atom stereocenters. The molecule has 0 fully saturated rings. The molecule has 0 spiro atoms. The summed E-state index contributed by atoms with van der Waals surface area (Å²) in [7, 11) is 0. The molecule has 0 radical (unpaired) electrons. The summed E-state index contributed by atoms with van der Waals surface area (Å²) in [6.07, 6.45) is 3.46. The van der Waals surface area contributed by atoms with E-state index >= 15 is 0 Å². The van der Waals surface area contributed by atoms with E-state index in [1.165, 1.54) is 12.8 Å². The molecular formula is C7H16F2NS+. The van der Waals surface area contributed by atoms with Gasteiger partial charge in [-0.25, -0.2) is 0 Å². The minimum atomic E-state index is -2.39. The predicted octanol–water partition coefficient (Wildman–Crippen LogP) is 2.15. The fourth-order valence-electron chi connectivity index (χ4n) is 0.774. The third-order valence-corrected chi connectivity index (χ3v) is 1.90. The van der Waals surface area contributed by atoms with Gasteiger partial charge in [0.25, 0.3) is 0 Å². The third kappa shape index (κ3) is 10.2. The van der Waals surface area contributed by atoms with E-state index < -0.39 is 11.7 Å². The Morgan fingerprint density at radius 1 is 1.18 bits per heavy atom. The van der Waals surface area contributed by atoms with Gasteiger partial charge in [0.1, 0.15) is 0 Å². The Bertz CT molecular complexity index is 80.8. The van der Waals surface area contributed by atoms with Crippen molar-refractivity contribution < 1.29 is 7.77 Å². The Morgan fingerprint density at radius 3 is 2.45 bits per heavy atom. The molecule has 68 valence electrons. The van der Waals surface area contributed by atoms with Crippen LogP contribution in [0.4, 0.5) is 7.77 Å². The summed E-state index contributed by atoms with van der Waals surface area (Å²) < 4.78 is 23.2. The van der Waals surface area contributed by atoms with Gasteiger partial charge in [0.2, 0.25) is 5.75 Å². The van der Waals surface area contributed by atoms with Gasteiger partial charge >= 0.3 is 11.7 Å². The van der Waals surface area contributed by atoms with Crippen molar-refractivity contribution in [2.45, 2.75) is 26.2 Å². The molecule has 0 saturated carbocycles. The second-order valence-corrected chi connectivity index (χ2v) is 3.40. The lowest BCUT2D eigenvalue weighted by Gasteiger charge is -1.98. The molecule has 0 aliphatic heterocycles. The topological polar surface area (TPSA) is 12.0 Å². The van der Waals surface area contributed by atoms with Crippen LogP contribution in [0.25, 0.3) is 0 Å². The van der Waals surface area contributed by atoms with Crippen LogP contribution in [0.1, 0.15) is 26.2 Å². The van der Waals surface area contributed by atoms with Crippen molar-refractivity contribution in [1.29, 1.82) is 0 Å². The summed E-state index contributed by atoms with van der Waals surface area (Å²) in [6.45, 7) is 3.46. The minimum absolute atomic E-state index is 0.00608. The Hall–Kier alpha value is 0.170. The molecular weight excluding hydrogens is 168 g/mol. The summed E-state index contributed by atoms with van der Waals surface area (Å²) in [6, 6.07) is 0. The Labute approximate surface area is 70.5 Å². The first kappa shape index (κ1) is 11.2. The van der Waals surface area contributed by atoms with Crippen LogP contribution in [0.5, 0.6) is 0 Å². The van der Waals surface area contributed by atoms with Gasteiger partial charge in [0.05, 0.1) is 7.77 Å². The van der Waals surface area contributed by atoms with E-state index in [4.69, 9.17) is 0 Å². The Morgan fingerprint density at radius 2 is 1.91 bits per heavy atom.